The molecule has 5 amide bonds. The van der Waals surface area contributed by atoms with Crippen molar-refractivity contribution in [2.24, 2.45) is 0 Å². The Hall–Kier alpha value is -3.33. The van der Waals surface area contributed by atoms with Gasteiger partial charge in [0.15, 0.2) is 5.78 Å². The predicted octanol–water partition coefficient (Wildman–Crippen LogP) is 2.09. The third-order valence-corrected chi connectivity index (χ3v) is 6.09. The zero-order valence-corrected chi connectivity index (χ0v) is 16.9. The highest BCUT2D eigenvalue weighted by Gasteiger charge is 2.44. The van der Waals surface area contributed by atoms with Gasteiger partial charge in [0.2, 0.25) is 5.91 Å². The highest BCUT2D eigenvalue weighted by molar-refractivity contribution is 7.09. The fraction of sp³-hybridized carbons (Fsp3) is 0.286. The molecule has 30 heavy (non-hydrogen) atoms. The maximum Gasteiger partial charge on any atom is 0.334 e. The molecule has 0 atom stereocenters. The van der Waals surface area contributed by atoms with Gasteiger partial charge in [0.1, 0.15) is 0 Å². The molecule has 0 spiro atoms. The van der Waals surface area contributed by atoms with Gasteiger partial charge in [-0.25, -0.2) is 9.69 Å². The fourth-order valence-corrected chi connectivity index (χ4v) is 4.27. The minimum Gasteiger partial charge on any atom is -0.312 e. The quantitative estimate of drug-likeness (QED) is 0.385. The zero-order valence-electron chi connectivity index (χ0n) is 16.1. The number of hydrogen-bond donors (Lipinski definition) is 0. The average Bonchev–Trinajstić information content (AvgIpc) is 3.46. The van der Waals surface area contributed by atoms with E-state index in [1.807, 2.05) is 17.5 Å². The topological polar surface area (TPSA) is 95.1 Å². The number of rotatable bonds is 7. The van der Waals surface area contributed by atoms with Gasteiger partial charge in [-0.05, 0) is 30.0 Å². The molecule has 2 aliphatic rings. The van der Waals surface area contributed by atoms with Crippen LogP contribution >= 0.6 is 11.3 Å². The van der Waals surface area contributed by atoms with Crippen molar-refractivity contribution >= 4 is 46.6 Å². The maximum atomic E-state index is 12.7. The number of imide groups is 2. The summed E-state index contributed by atoms with van der Waals surface area (Å²) in [5.41, 5.74) is 0.883. The predicted molar refractivity (Wildman–Crippen MR) is 109 cm³/mol. The van der Waals surface area contributed by atoms with Gasteiger partial charge in [0.05, 0.1) is 6.54 Å². The molecule has 2 aromatic rings. The van der Waals surface area contributed by atoms with Crippen molar-refractivity contribution in [2.75, 3.05) is 24.5 Å². The fourth-order valence-electron chi connectivity index (χ4n) is 3.57. The third-order valence-electron chi connectivity index (χ3n) is 5.15. The lowest BCUT2D eigenvalue weighted by Crippen LogP contribution is -2.37. The molecule has 4 rings (SSSR count). The van der Waals surface area contributed by atoms with E-state index in [4.69, 9.17) is 0 Å². The van der Waals surface area contributed by atoms with Crippen LogP contribution in [0.25, 0.3) is 0 Å². The van der Waals surface area contributed by atoms with Crippen LogP contribution in [-0.4, -0.2) is 59.0 Å². The van der Waals surface area contributed by atoms with Crippen molar-refractivity contribution < 1.29 is 24.0 Å². The molecule has 8 nitrogen and oxygen atoms in total. The molecule has 9 heteroatoms. The molecule has 1 aromatic heterocycles. The molecule has 2 saturated heterocycles. The van der Waals surface area contributed by atoms with E-state index in [2.05, 4.69) is 0 Å². The second-order valence-electron chi connectivity index (χ2n) is 7.08. The van der Waals surface area contributed by atoms with E-state index in [-0.39, 0.29) is 18.0 Å². The smallest absolute Gasteiger partial charge is 0.312 e. The summed E-state index contributed by atoms with van der Waals surface area (Å²) in [7, 11) is 0. The van der Waals surface area contributed by atoms with E-state index in [1.54, 1.807) is 29.2 Å². The number of urea groups is 1. The van der Waals surface area contributed by atoms with Crippen LogP contribution in [0.2, 0.25) is 0 Å². The number of amides is 5. The molecule has 2 fully saturated rings. The van der Waals surface area contributed by atoms with E-state index in [0.29, 0.717) is 30.0 Å². The lowest BCUT2D eigenvalue weighted by Gasteiger charge is -2.17. The SMILES string of the molecule is O=C(CN1C(=O)C(=O)N(CCc2cccs2)C1=O)c1cccc(N2CCCC2=O)c1. The van der Waals surface area contributed by atoms with E-state index < -0.39 is 30.2 Å². The largest absolute Gasteiger partial charge is 0.334 e. The van der Waals surface area contributed by atoms with Crippen LogP contribution in [0.5, 0.6) is 0 Å². The summed E-state index contributed by atoms with van der Waals surface area (Å²) in [6.07, 6.45) is 1.69. The van der Waals surface area contributed by atoms with E-state index in [9.17, 15) is 24.0 Å². The number of benzene rings is 1. The van der Waals surface area contributed by atoms with Crippen molar-refractivity contribution in [1.82, 2.24) is 9.80 Å². The zero-order chi connectivity index (χ0) is 21.3. The van der Waals surface area contributed by atoms with Gasteiger partial charge in [-0.3, -0.25) is 24.1 Å². The Balaban J connectivity index is 1.45. The number of carbonyl (C=O) groups is 5. The van der Waals surface area contributed by atoms with Gasteiger partial charge >= 0.3 is 17.8 Å². The molecule has 0 bridgehead atoms. The lowest BCUT2D eigenvalue weighted by molar-refractivity contribution is -0.143. The highest BCUT2D eigenvalue weighted by Crippen LogP contribution is 2.23. The molecule has 0 radical (unpaired) electrons. The molecular weight excluding hydrogens is 406 g/mol. The average molecular weight is 425 g/mol. The van der Waals surface area contributed by atoms with E-state index >= 15 is 0 Å². The summed E-state index contributed by atoms with van der Waals surface area (Å²) in [5.74, 6) is -2.39. The van der Waals surface area contributed by atoms with Crippen LogP contribution in [0.15, 0.2) is 41.8 Å². The molecule has 3 heterocycles. The molecule has 154 valence electrons. The first-order chi connectivity index (χ1) is 14.5. The van der Waals surface area contributed by atoms with Crippen LogP contribution in [0, 0.1) is 0 Å². The van der Waals surface area contributed by atoms with Crippen LogP contribution < -0.4 is 4.90 Å². The Morgan fingerprint density at radius 1 is 1.00 bits per heavy atom. The Morgan fingerprint density at radius 2 is 1.80 bits per heavy atom. The first-order valence-corrected chi connectivity index (χ1v) is 10.5. The molecule has 1 aromatic carbocycles. The standard InChI is InChI=1S/C21H19N3O5S/c25-17(14-4-1-5-15(12-14)22-9-2-7-18(22)26)13-24-20(28)19(27)23(21(24)29)10-8-16-6-3-11-30-16/h1,3-6,11-12H,2,7-10,13H2. The molecule has 0 N–H and O–H groups in total. The first kappa shape index (κ1) is 20.0. The number of thiophene rings is 1. The molecular formula is C21H19N3O5S. The summed E-state index contributed by atoms with van der Waals surface area (Å²) in [4.78, 5) is 65.9. The van der Waals surface area contributed by atoms with Crippen LogP contribution in [-0.2, 0) is 20.8 Å². The van der Waals surface area contributed by atoms with Gasteiger partial charge in [-0.2, -0.15) is 0 Å². The molecule has 0 saturated carbocycles. The van der Waals surface area contributed by atoms with E-state index in [0.717, 1.165) is 16.2 Å². The summed E-state index contributed by atoms with van der Waals surface area (Å²) < 4.78 is 0. The monoisotopic (exact) mass is 425 g/mol. The Labute approximate surface area is 176 Å². The summed E-state index contributed by atoms with van der Waals surface area (Å²) in [6.45, 7) is 0.157. The maximum absolute atomic E-state index is 12.7. The third kappa shape index (κ3) is 3.76. The number of anilines is 1. The van der Waals surface area contributed by atoms with E-state index in [1.165, 1.54) is 11.3 Å². The summed E-state index contributed by atoms with van der Waals surface area (Å²) >= 11 is 1.50. The minimum atomic E-state index is -0.995. The normalized spacial score (nSPS) is 16.9. The summed E-state index contributed by atoms with van der Waals surface area (Å²) in [5, 5.41) is 1.89. The Bertz CT molecular complexity index is 1030. The second-order valence-corrected chi connectivity index (χ2v) is 8.11. The first-order valence-electron chi connectivity index (χ1n) is 9.59. The van der Waals surface area contributed by atoms with Crippen molar-refractivity contribution in [2.45, 2.75) is 19.3 Å². The number of nitrogens with zero attached hydrogens (tertiary/aromatic N) is 3. The molecule has 0 unspecified atom stereocenters. The van der Waals surface area contributed by atoms with Crippen molar-refractivity contribution in [3.05, 3.63) is 52.2 Å². The number of hydrogen-bond acceptors (Lipinski definition) is 6. The van der Waals surface area contributed by atoms with Crippen LogP contribution in [0.3, 0.4) is 0 Å². The van der Waals surface area contributed by atoms with Gasteiger partial charge in [0, 0.05) is 42.1 Å². The van der Waals surface area contributed by atoms with Crippen LogP contribution in [0.4, 0.5) is 10.5 Å². The lowest BCUT2D eigenvalue weighted by atomic mass is 10.1. The minimum absolute atomic E-state index is 0.00326. The van der Waals surface area contributed by atoms with Gasteiger partial charge in [-0.15, -0.1) is 11.3 Å². The van der Waals surface area contributed by atoms with Gasteiger partial charge < -0.3 is 4.90 Å². The number of carbonyl (C=O) groups excluding carboxylic acids is 5. The van der Waals surface area contributed by atoms with Gasteiger partial charge in [-0.1, -0.05) is 18.2 Å². The van der Waals surface area contributed by atoms with Crippen molar-refractivity contribution in [1.29, 1.82) is 0 Å². The molecule has 2 aliphatic heterocycles. The Kier molecular flexibility index (Phi) is 5.45. The second kappa shape index (κ2) is 8.19. The highest BCUT2D eigenvalue weighted by atomic mass is 32.1. The number of Topliss-reactive ketones (excluding diaryl/α,β-unsaturated/α-hetero) is 1. The Morgan fingerprint density at radius 3 is 2.50 bits per heavy atom. The molecule has 0 aliphatic carbocycles. The van der Waals surface area contributed by atoms with Crippen LogP contribution in [0.1, 0.15) is 28.1 Å². The number of ketones is 1. The van der Waals surface area contributed by atoms with Crippen molar-refractivity contribution in [3.63, 3.8) is 0 Å². The summed E-state index contributed by atoms with van der Waals surface area (Å²) in [6, 6.07) is 9.51. The van der Waals surface area contributed by atoms with Gasteiger partial charge in [0.25, 0.3) is 0 Å². The van der Waals surface area contributed by atoms with Crippen molar-refractivity contribution in [3.8, 4) is 0 Å².